The van der Waals surface area contributed by atoms with Gasteiger partial charge in [0.15, 0.2) is 11.5 Å². The number of para-hydroxylation sites is 1. The van der Waals surface area contributed by atoms with Crippen LogP contribution in [0.3, 0.4) is 0 Å². The Morgan fingerprint density at radius 1 is 0.708 bits per heavy atom. The molecule has 0 amide bonds. The van der Waals surface area contributed by atoms with Gasteiger partial charge in [-0.25, -0.2) is 0 Å². The SMILES string of the molecule is Oc1cccc(C=NN=C(c2ccccc2)c2ccccc2)c1O. The summed E-state index contributed by atoms with van der Waals surface area (Å²) in [7, 11) is 0. The van der Waals surface area contributed by atoms with E-state index in [2.05, 4.69) is 10.2 Å². The molecule has 118 valence electrons. The lowest BCUT2D eigenvalue weighted by Crippen LogP contribution is -2.02. The summed E-state index contributed by atoms with van der Waals surface area (Å²) in [6.45, 7) is 0. The third kappa shape index (κ3) is 3.50. The Hall–Kier alpha value is -3.40. The topological polar surface area (TPSA) is 65.2 Å². The molecule has 3 aromatic carbocycles. The van der Waals surface area contributed by atoms with Crippen LogP contribution in [0.2, 0.25) is 0 Å². The lowest BCUT2D eigenvalue weighted by Gasteiger charge is -2.05. The minimum Gasteiger partial charge on any atom is -0.504 e. The highest BCUT2D eigenvalue weighted by Crippen LogP contribution is 2.26. The normalized spacial score (nSPS) is 10.7. The molecule has 0 radical (unpaired) electrons. The van der Waals surface area contributed by atoms with E-state index in [9.17, 15) is 10.2 Å². The largest absolute Gasteiger partial charge is 0.504 e. The average Bonchev–Trinajstić information content (AvgIpc) is 2.63. The van der Waals surface area contributed by atoms with Crippen LogP contribution in [0.15, 0.2) is 89.1 Å². The first-order valence-corrected chi connectivity index (χ1v) is 7.48. The molecule has 0 aliphatic heterocycles. The van der Waals surface area contributed by atoms with E-state index >= 15 is 0 Å². The summed E-state index contributed by atoms with van der Waals surface area (Å²) in [5, 5.41) is 27.7. The van der Waals surface area contributed by atoms with Crippen LogP contribution >= 0.6 is 0 Å². The van der Waals surface area contributed by atoms with Gasteiger partial charge in [-0.2, -0.15) is 5.10 Å². The van der Waals surface area contributed by atoms with Gasteiger partial charge in [0.25, 0.3) is 0 Å². The highest BCUT2D eigenvalue weighted by molar-refractivity contribution is 6.13. The van der Waals surface area contributed by atoms with Gasteiger partial charge in [0.05, 0.1) is 6.21 Å². The van der Waals surface area contributed by atoms with Crippen molar-refractivity contribution < 1.29 is 10.2 Å². The zero-order chi connectivity index (χ0) is 16.8. The quantitative estimate of drug-likeness (QED) is 0.434. The molecule has 0 heterocycles. The maximum atomic E-state index is 9.81. The van der Waals surface area contributed by atoms with E-state index in [1.165, 1.54) is 12.3 Å². The van der Waals surface area contributed by atoms with Crippen molar-refractivity contribution >= 4 is 11.9 Å². The number of benzene rings is 3. The Kier molecular flexibility index (Phi) is 4.68. The Bertz CT molecular complexity index is 831. The lowest BCUT2D eigenvalue weighted by molar-refractivity contribution is 0.403. The first-order chi connectivity index (χ1) is 11.8. The van der Waals surface area contributed by atoms with Crippen molar-refractivity contribution in [3.63, 3.8) is 0 Å². The van der Waals surface area contributed by atoms with Crippen LogP contribution in [-0.4, -0.2) is 22.1 Å². The summed E-state index contributed by atoms with van der Waals surface area (Å²) in [5.41, 5.74) is 3.02. The van der Waals surface area contributed by atoms with Crippen LogP contribution in [0.25, 0.3) is 0 Å². The lowest BCUT2D eigenvalue weighted by atomic mass is 10.0. The molecule has 0 aromatic heterocycles. The van der Waals surface area contributed by atoms with Crippen molar-refractivity contribution in [2.75, 3.05) is 0 Å². The molecule has 4 nitrogen and oxygen atoms in total. The minimum atomic E-state index is -0.211. The fraction of sp³-hybridized carbons (Fsp3) is 0. The summed E-state index contributed by atoms with van der Waals surface area (Å²) in [4.78, 5) is 0. The summed E-state index contributed by atoms with van der Waals surface area (Å²) in [6.07, 6.45) is 1.42. The zero-order valence-electron chi connectivity index (χ0n) is 12.9. The van der Waals surface area contributed by atoms with Crippen molar-refractivity contribution in [2.45, 2.75) is 0 Å². The number of aromatic hydroxyl groups is 2. The van der Waals surface area contributed by atoms with Gasteiger partial charge in [-0.3, -0.25) is 0 Å². The number of hydrogen-bond donors (Lipinski definition) is 2. The molecule has 0 atom stereocenters. The predicted octanol–water partition coefficient (Wildman–Crippen LogP) is 3.97. The van der Waals surface area contributed by atoms with Gasteiger partial charge >= 0.3 is 0 Å². The van der Waals surface area contributed by atoms with E-state index in [1.54, 1.807) is 12.1 Å². The smallest absolute Gasteiger partial charge is 0.166 e. The van der Waals surface area contributed by atoms with E-state index in [4.69, 9.17) is 0 Å². The fourth-order valence-corrected chi connectivity index (χ4v) is 2.28. The third-order valence-corrected chi connectivity index (χ3v) is 3.49. The van der Waals surface area contributed by atoms with Crippen LogP contribution in [0.4, 0.5) is 0 Å². The average molecular weight is 316 g/mol. The van der Waals surface area contributed by atoms with E-state index in [1.807, 2.05) is 60.7 Å². The molecule has 0 bridgehead atoms. The van der Waals surface area contributed by atoms with E-state index < -0.39 is 0 Å². The number of hydrogen-bond acceptors (Lipinski definition) is 4. The summed E-state index contributed by atoms with van der Waals surface area (Å²) < 4.78 is 0. The molecule has 0 saturated heterocycles. The van der Waals surface area contributed by atoms with Crippen LogP contribution in [-0.2, 0) is 0 Å². The first kappa shape index (κ1) is 15.5. The van der Waals surface area contributed by atoms with Gasteiger partial charge < -0.3 is 10.2 Å². The fourth-order valence-electron chi connectivity index (χ4n) is 2.28. The molecule has 0 aliphatic rings. The molecule has 0 saturated carbocycles. The molecule has 3 aromatic rings. The van der Waals surface area contributed by atoms with Gasteiger partial charge in [0, 0.05) is 16.7 Å². The molecule has 0 spiro atoms. The molecule has 3 rings (SSSR count). The van der Waals surface area contributed by atoms with Crippen LogP contribution < -0.4 is 0 Å². The van der Waals surface area contributed by atoms with Crippen molar-refractivity contribution in [3.05, 3.63) is 95.6 Å². The maximum absolute atomic E-state index is 9.81. The molecule has 0 fully saturated rings. The Balaban J connectivity index is 1.98. The van der Waals surface area contributed by atoms with Gasteiger partial charge in [0.1, 0.15) is 5.71 Å². The third-order valence-electron chi connectivity index (χ3n) is 3.49. The zero-order valence-corrected chi connectivity index (χ0v) is 12.9. The summed E-state index contributed by atoms with van der Waals surface area (Å²) in [5.74, 6) is -0.397. The second-order valence-electron chi connectivity index (χ2n) is 5.14. The van der Waals surface area contributed by atoms with E-state index in [-0.39, 0.29) is 11.5 Å². The second kappa shape index (κ2) is 7.24. The highest BCUT2D eigenvalue weighted by atomic mass is 16.3. The molecule has 2 N–H and O–H groups in total. The van der Waals surface area contributed by atoms with E-state index in [0.717, 1.165) is 16.8 Å². The van der Waals surface area contributed by atoms with Crippen molar-refractivity contribution in [3.8, 4) is 11.5 Å². The van der Waals surface area contributed by atoms with Crippen LogP contribution in [0, 0.1) is 0 Å². The van der Waals surface area contributed by atoms with Gasteiger partial charge in [-0.15, -0.1) is 5.10 Å². The molecular weight excluding hydrogens is 300 g/mol. The van der Waals surface area contributed by atoms with E-state index in [0.29, 0.717) is 5.56 Å². The monoisotopic (exact) mass is 316 g/mol. The molecule has 4 heteroatoms. The van der Waals surface area contributed by atoms with Crippen LogP contribution in [0.1, 0.15) is 16.7 Å². The Morgan fingerprint density at radius 3 is 1.88 bits per heavy atom. The number of nitrogens with zero attached hydrogens (tertiary/aromatic N) is 2. The molecule has 24 heavy (non-hydrogen) atoms. The summed E-state index contributed by atoms with van der Waals surface area (Å²) >= 11 is 0. The number of rotatable bonds is 4. The number of phenols is 2. The van der Waals surface area contributed by atoms with Crippen LogP contribution in [0.5, 0.6) is 11.5 Å². The van der Waals surface area contributed by atoms with Crippen molar-refractivity contribution in [2.24, 2.45) is 10.2 Å². The molecule has 0 aliphatic carbocycles. The van der Waals surface area contributed by atoms with Gasteiger partial charge in [-0.05, 0) is 12.1 Å². The summed E-state index contributed by atoms with van der Waals surface area (Å²) in [6, 6.07) is 24.2. The molecular formula is C20H16N2O2. The van der Waals surface area contributed by atoms with Gasteiger partial charge in [-0.1, -0.05) is 66.7 Å². The predicted molar refractivity (Wildman–Crippen MR) is 95.9 cm³/mol. The van der Waals surface area contributed by atoms with Crippen molar-refractivity contribution in [1.82, 2.24) is 0 Å². The van der Waals surface area contributed by atoms with Crippen molar-refractivity contribution in [1.29, 1.82) is 0 Å². The highest BCUT2D eigenvalue weighted by Gasteiger charge is 2.06. The second-order valence-corrected chi connectivity index (χ2v) is 5.14. The first-order valence-electron chi connectivity index (χ1n) is 7.48. The minimum absolute atomic E-state index is 0.186. The molecule has 0 unspecified atom stereocenters. The maximum Gasteiger partial charge on any atom is 0.166 e. The Labute approximate surface area is 140 Å². The Morgan fingerprint density at radius 2 is 1.29 bits per heavy atom. The number of phenolic OH excluding ortho intramolecular Hbond substituents is 2. The van der Waals surface area contributed by atoms with Gasteiger partial charge in [0.2, 0.25) is 0 Å². The standard InChI is InChI=1S/C20H16N2O2/c23-18-13-7-12-17(20(18)24)14-21-22-19(15-8-3-1-4-9-15)16-10-5-2-6-11-16/h1-14,23-24H.